The van der Waals surface area contributed by atoms with Gasteiger partial charge in [0.15, 0.2) is 0 Å². The summed E-state index contributed by atoms with van der Waals surface area (Å²) in [6.45, 7) is 1.14. The van der Waals surface area contributed by atoms with Crippen LogP contribution in [0.2, 0.25) is 0 Å². The van der Waals surface area contributed by atoms with Gasteiger partial charge in [0, 0.05) is 24.9 Å². The van der Waals surface area contributed by atoms with Crippen LogP contribution in [0.1, 0.15) is 0 Å². The first kappa shape index (κ1) is 13.6. The summed E-state index contributed by atoms with van der Waals surface area (Å²) in [5.41, 5.74) is 2.29. The van der Waals surface area contributed by atoms with Crippen LogP contribution in [0.15, 0.2) is 60.9 Å². The first-order chi connectivity index (χ1) is 10.4. The number of pyridine rings is 1. The standard InChI is InChI=1S/C18H17NO2/c1-20-10-11-21-16-6-2-5-15(12-16)17-7-3-4-14-8-9-19-13-18(14)17/h2-9,12-13H,10-11H2,1H3. The van der Waals surface area contributed by atoms with E-state index < -0.39 is 0 Å². The normalized spacial score (nSPS) is 10.7. The van der Waals surface area contributed by atoms with Crippen LogP contribution in [0.25, 0.3) is 21.9 Å². The Kier molecular flexibility index (Phi) is 4.12. The largest absolute Gasteiger partial charge is 0.491 e. The van der Waals surface area contributed by atoms with Gasteiger partial charge in [0.1, 0.15) is 12.4 Å². The van der Waals surface area contributed by atoms with Gasteiger partial charge in [-0.25, -0.2) is 0 Å². The monoisotopic (exact) mass is 279 g/mol. The number of nitrogens with zero attached hydrogens (tertiary/aromatic N) is 1. The first-order valence-electron chi connectivity index (χ1n) is 6.93. The van der Waals surface area contributed by atoms with Crippen molar-refractivity contribution in [3.63, 3.8) is 0 Å². The maximum Gasteiger partial charge on any atom is 0.120 e. The molecule has 0 saturated carbocycles. The first-order valence-corrected chi connectivity index (χ1v) is 6.93. The van der Waals surface area contributed by atoms with E-state index in [0.717, 1.165) is 22.3 Å². The lowest BCUT2D eigenvalue weighted by Gasteiger charge is -2.09. The number of fused-ring (bicyclic) bond motifs is 1. The molecule has 0 aliphatic rings. The van der Waals surface area contributed by atoms with Crippen LogP contribution in [-0.4, -0.2) is 25.3 Å². The molecule has 0 radical (unpaired) electrons. The van der Waals surface area contributed by atoms with Crippen molar-refractivity contribution in [2.75, 3.05) is 20.3 Å². The molecule has 3 aromatic rings. The summed E-state index contributed by atoms with van der Waals surface area (Å²) in [4.78, 5) is 4.23. The fourth-order valence-electron chi connectivity index (χ4n) is 2.36. The summed E-state index contributed by atoms with van der Waals surface area (Å²) >= 11 is 0. The van der Waals surface area contributed by atoms with Crippen LogP contribution in [0, 0.1) is 0 Å². The highest BCUT2D eigenvalue weighted by atomic mass is 16.5. The number of rotatable bonds is 5. The maximum atomic E-state index is 5.68. The van der Waals surface area contributed by atoms with Crippen LogP contribution in [0.3, 0.4) is 0 Å². The molecule has 0 aliphatic carbocycles. The fourth-order valence-corrected chi connectivity index (χ4v) is 2.36. The molecule has 0 aliphatic heterocycles. The topological polar surface area (TPSA) is 31.4 Å². The minimum atomic E-state index is 0.553. The van der Waals surface area contributed by atoms with E-state index in [9.17, 15) is 0 Å². The van der Waals surface area contributed by atoms with Crippen molar-refractivity contribution in [2.24, 2.45) is 0 Å². The summed E-state index contributed by atoms with van der Waals surface area (Å²) in [5, 5.41) is 2.34. The predicted molar refractivity (Wildman–Crippen MR) is 84.6 cm³/mol. The lowest BCUT2D eigenvalue weighted by Crippen LogP contribution is -2.04. The van der Waals surface area contributed by atoms with Gasteiger partial charge in [-0.2, -0.15) is 0 Å². The molecule has 0 spiro atoms. The van der Waals surface area contributed by atoms with E-state index in [1.807, 2.05) is 30.6 Å². The summed E-state index contributed by atoms with van der Waals surface area (Å²) in [6.07, 6.45) is 3.72. The van der Waals surface area contributed by atoms with Crippen molar-refractivity contribution in [3.8, 4) is 16.9 Å². The molecular formula is C18H17NO2. The molecule has 0 N–H and O–H groups in total. The Morgan fingerprint density at radius 1 is 1.00 bits per heavy atom. The zero-order valence-corrected chi connectivity index (χ0v) is 12.0. The predicted octanol–water partition coefficient (Wildman–Crippen LogP) is 3.93. The molecule has 0 fully saturated rings. The number of hydrogen-bond donors (Lipinski definition) is 0. The molecule has 3 nitrogen and oxygen atoms in total. The van der Waals surface area contributed by atoms with Crippen molar-refractivity contribution in [1.82, 2.24) is 4.98 Å². The zero-order chi connectivity index (χ0) is 14.5. The van der Waals surface area contributed by atoms with Crippen LogP contribution in [0.5, 0.6) is 5.75 Å². The molecule has 1 heterocycles. The summed E-state index contributed by atoms with van der Waals surface area (Å²) in [5.74, 6) is 0.852. The van der Waals surface area contributed by atoms with E-state index in [0.29, 0.717) is 13.2 Å². The third-order valence-corrected chi connectivity index (χ3v) is 3.38. The Morgan fingerprint density at radius 2 is 1.90 bits per heavy atom. The highest BCUT2D eigenvalue weighted by Crippen LogP contribution is 2.30. The van der Waals surface area contributed by atoms with Crippen molar-refractivity contribution < 1.29 is 9.47 Å². The van der Waals surface area contributed by atoms with E-state index in [-0.39, 0.29) is 0 Å². The highest BCUT2D eigenvalue weighted by molar-refractivity contribution is 5.96. The van der Waals surface area contributed by atoms with Crippen LogP contribution >= 0.6 is 0 Å². The van der Waals surface area contributed by atoms with Crippen molar-refractivity contribution in [3.05, 3.63) is 60.9 Å². The number of hydrogen-bond acceptors (Lipinski definition) is 3. The molecule has 3 rings (SSSR count). The second kappa shape index (κ2) is 6.37. The Hall–Kier alpha value is -2.39. The third-order valence-electron chi connectivity index (χ3n) is 3.38. The van der Waals surface area contributed by atoms with Crippen LogP contribution < -0.4 is 4.74 Å². The van der Waals surface area contributed by atoms with Gasteiger partial charge in [0.2, 0.25) is 0 Å². The molecular weight excluding hydrogens is 262 g/mol. The van der Waals surface area contributed by atoms with E-state index >= 15 is 0 Å². The van der Waals surface area contributed by atoms with Gasteiger partial charge >= 0.3 is 0 Å². The number of methoxy groups -OCH3 is 1. The van der Waals surface area contributed by atoms with Gasteiger partial charge in [-0.1, -0.05) is 30.3 Å². The Labute approximate surface area is 124 Å². The maximum absolute atomic E-state index is 5.68. The molecule has 0 bridgehead atoms. The molecule has 2 aromatic carbocycles. The molecule has 0 unspecified atom stereocenters. The van der Waals surface area contributed by atoms with Gasteiger partial charge in [-0.15, -0.1) is 0 Å². The van der Waals surface area contributed by atoms with Gasteiger partial charge in [-0.3, -0.25) is 4.98 Å². The molecule has 1 aromatic heterocycles. The summed E-state index contributed by atoms with van der Waals surface area (Å²) in [6, 6.07) is 16.4. The lowest BCUT2D eigenvalue weighted by molar-refractivity contribution is 0.146. The number of ether oxygens (including phenoxy) is 2. The van der Waals surface area contributed by atoms with Crippen molar-refractivity contribution >= 4 is 10.8 Å². The van der Waals surface area contributed by atoms with E-state index in [4.69, 9.17) is 9.47 Å². The number of aromatic nitrogens is 1. The second-order valence-corrected chi connectivity index (χ2v) is 4.77. The molecule has 0 amide bonds. The smallest absolute Gasteiger partial charge is 0.120 e. The average molecular weight is 279 g/mol. The number of benzene rings is 2. The van der Waals surface area contributed by atoms with Gasteiger partial charge in [0.25, 0.3) is 0 Å². The average Bonchev–Trinajstić information content (AvgIpc) is 2.55. The summed E-state index contributed by atoms with van der Waals surface area (Å²) in [7, 11) is 1.67. The quantitative estimate of drug-likeness (QED) is 0.663. The molecule has 106 valence electrons. The summed E-state index contributed by atoms with van der Waals surface area (Å²) < 4.78 is 10.7. The van der Waals surface area contributed by atoms with Crippen molar-refractivity contribution in [2.45, 2.75) is 0 Å². The lowest BCUT2D eigenvalue weighted by atomic mass is 10.00. The van der Waals surface area contributed by atoms with E-state index in [2.05, 4.69) is 35.3 Å². The van der Waals surface area contributed by atoms with E-state index in [1.165, 1.54) is 5.39 Å². The zero-order valence-electron chi connectivity index (χ0n) is 12.0. The molecule has 0 saturated heterocycles. The minimum absolute atomic E-state index is 0.553. The Balaban J connectivity index is 1.97. The van der Waals surface area contributed by atoms with E-state index in [1.54, 1.807) is 7.11 Å². The molecule has 0 atom stereocenters. The SMILES string of the molecule is COCCOc1cccc(-c2cccc3ccncc23)c1. The Bertz CT molecular complexity index is 735. The minimum Gasteiger partial charge on any atom is -0.491 e. The highest BCUT2D eigenvalue weighted by Gasteiger charge is 2.05. The van der Waals surface area contributed by atoms with Crippen LogP contribution in [-0.2, 0) is 4.74 Å². The molecule has 21 heavy (non-hydrogen) atoms. The van der Waals surface area contributed by atoms with Crippen LogP contribution in [0.4, 0.5) is 0 Å². The van der Waals surface area contributed by atoms with Crippen molar-refractivity contribution in [1.29, 1.82) is 0 Å². The third kappa shape index (κ3) is 3.03. The van der Waals surface area contributed by atoms with Gasteiger partial charge < -0.3 is 9.47 Å². The van der Waals surface area contributed by atoms with Gasteiger partial charge in [-0.05, 0) is 34.7 Å². The Morgan fingerprint density at radius 3 is 2.81 bits per heavy atom. The second-order valence-electron chi connectivity index (χ2n) is 4.77. The fraction of sp³-hybridized carbons (Fsp3) is 0.167. The molecule has 3 heteroatoms. The van der Waals surface area contributed by atoms with Gasteiger partial charge in [0.05, 0.1) is 6.61 Å².